The van der Waals surface area contributed by atoms with Gasteiger partial charge in [0.25, 0.3) is 0 Å². The molecule has 0 unspecified atom stereocenters. The molecule has 1 aromatic rings. The molecule has 0 bridgehead atoms. The summed E-state index contributed by atoms with van der Waals surface area (Å²) in [6, 6.07) is 3.25. The third-order valence-corrected chi connectivity index (χ3v) is 5.09. The third kappa shape index (κ3) is 5.38. The highest BCUT2D eigenvalue weighted by Gasteiger charge is 2.11. The van der Waals surface area contributed by atoms with E-state index in [2.05, 4.69) is 0 Å². The van der Waals surface area contributed by atoms with Crippen LogP contribution in [-0.4, -0.2) is 26.5 Å². The van der Waals surface area contributed by atoms with Crippen molar-refractivity contribution < 1.29 is 13.2 Å². The molecule has 0 N–H and O–H groups in total. The topological polar surface area (TPSA) is 43.4 Å². The van der Waals surface area contributed by atoms with Gasteiger partial charge in [-0.05, 0) is 18.6 Å². The van der Waals surface area contributed by atoms with Crippen LogP contribution in [0.2, 0.25) is 10.0 Å². The smallest absolute Gasteiger partial charge is 0.150 e. The molecule has 0 fully saturated rings. The number of halogens is 3. The fourth-order valence-electron chi connectivity index (χ4n) is 1.47. The first kappa shape index (κ1) is 16.9. The van der Waals surface area contributed by atoms with Crippen LogP contribution in [0.4, 0.5) is 0 Å². The molecule has 3 nitrogen and oxygen atoms in total. The second-order valence-electron chi connectivity index (χ2n) is 3.95. The van der Waals surface area contributed by atoms with Gasteiger partial charge in [-0.3, -0.25) is 0 Å². The van der Waals surface area contributed by atoms with Crippen molar-refractivity contribution in [1.82, 2.24) is 0 Å². The van der Waals surface area contributed by atoms with E-state index in [4.69, 9.17) is 39.5 Å². The summed E-state index contributed by atoms with van der Waals surface area (Å²) < 4.78 is 28.2. The summed E-state index contributed by atoms with van der Waals surface area (Å²) >= 11 is 17.7. The molecule has 0 heterocycles. The van der Waals surface area contributed by atoms with Gasteiger partial charge in [-0.1, -0.05) is 30.1 Å². The van der Waals surface area contributed by atoms with Crippen LogP contribution in [0.3, 0.4) is 0 Å². The highest BCUT2D eigenvalue weighted by molar-refractivity contribution is 7.91. The van der Waals surface area contributed by atoms with Gasteiger partial charge in [-0.25, -0.2) is 8.42 Å². The lowest BCUT2D eigenvalue weighted by atomic mass is 10.2. The fraction of sp³-hybridized carbons (Fsp3) is 0.500. The lowest BCUT2D eigenvalue weighted by Crippen LogP contribution is -2.12. The third-order valence-electron chi connectivity index (χ3n) is 2.52. The average Bonchev–Trinajstić information content (AvgIpc) is 2.35. The minimum atomic E-state index is -2.97. The number of benzene rings is 1. The number of ether oxygens (including phenoxy) is 1. The summed E-state index contributed by atoms with van der Waals surface area (Å²) in [4.78, 5) is 0. The van der Waals surface area contributed by atoms with Gasteiger partial charge in [0.2, 0.25) is 0 Å². The molecular weight excluding hydrogens is 331 g/mol. The van der Waals surface area contributed by atoms with Crippen molar-refractivity contribution in [1.29, 1.82) is 0 Å². The zero-order chi connectivity index (χ0) is 14.5. The van der Waals surface area contributed by atoms with E-state index >= 15 is 0 Å². The summed E-state index contributed by atoms with van der Waals surface area (Å²) in [5.41, 5.74) is 0.692. The van der Waals surface area contributed by atoms with Crippen molar-refractivity contribution in [2.45, 2.75) is 19.2 Å². The van der Waals surface area contributed by atoms with Crippen LogP contribution >= 0.6 is 34.8 Å². The van der Waals surface area contributed by atoms with Gasteiger partial charge in [0.15, 0.2) is 0 Å². The van der Waals surface area contributed by atoms with Crippen molar-refractivity contribution in [3.63, 3.8) is 0 Å². The summed E-state index contributed by atoms with van der Waals surface area (Å²) in [5, 5.41) is 0.864. The van der Waals surface area contributed by atoms with Crippen LogP contribution in [0.1, 0.15) is 18.9 Å². The quantitative estimate of drug-likeness (QED) is 0.555. The normalized spacial score (nSPS) is 11.6. The SMILES string of the molecule is CCS(=O)(=O)CCCOc1c(Cl)cc(Cl)cc1CCl. The molecule has 0 aliphatic heterocycles. The summed E-state index contributed by atoms with van der Waals surface area (Å²) in [7, 11) is -2.97. The van der Waals surface area contributed by atoms with Crippen molar-refractivity contribution in [2.75, 3.05) is 18.1 Å². The molecule has 0 saturated carbocycles. The van der Waals surface area contributed by atoms with E-state index in [-0.39, 0.29) is 24.0 Å². The zero-order valence-corrected chi connectivity index (χ0v) is 13.5. The lowest BCUT2D eigenvalue weighted by molar-refractivity contribution is 0.315. The van der Waals surface area contributed by atoms with Gasteiger partial charge >= 0.3 is 0 Å². The van der Waals surface area contributed by atoms with E-state index in [0.29, 0.717) is 27.8 Å². The van der Waals surface area contributed by atoms with Gasteiger partial charge in [0.05, 0.1) is 23.3 Å². The summed E-state index contributed by atoms with van der Waals surface area (Å²) in [6.07, 6.45) is 0.414. The summed E-state index contributed by atoms with van der Waals surface area (Å²) in [5.74, 6) is 0.935. The van der Waals surface area contributed by atoms with E-state index < -0.39 is 9.84 Å². The molecule has 7 heteroatoms. The summed E-state index contributed by atoms with van der Waals surface area (Å²) in [6.45, 7) is 1.89. The van der Waals surface area contributed by atoms with E-state index in [0.717, 1.165) is 0 Å². The number of alkyl halides is 1. The first-order chi connectivity index (χ1) is 8.89. The zero-order valence-electron chi connectivity index (χ0n) is 10.5. The Kier molecular flexibility index (Phi) is 6.74. The Labute approximate surface area is 128 Å². The van der Waals surface area contributed by atoms with Gasteiger partial charge in [0.1, 0.15) is 15.6 Å². The van der Waals surface area contributed by atoms with Crippen LogP contribution in [0.15, 0.2) is 12.1 Å². The maximum Gasteiger partial charge on any atom is 0.150 e. The van der Waals surface area contributed by atoms with Crippen molar-refractivity contribution in [3.8, 4) is 5.75 Å². The maximum atomic E-state index is 11.3. The minimum Gasteiger partial charge on any atom is -0.492 e. The first-order valence-electron chi connectivity index (χ1n) is 5.76. The Hall–Kier alpha value is -0.160. The van der Waals surface area contributed by atoms with Crippen LogP contribution in [0.5, 0.6) is 5.75 Å². The Morgan fingerprint density at radius 2 is 1.95 bits per heavy atom. The van der Waals surface area contributed by atoms with Crippen LogP contribution in [0.25, 0.3) is 0 Å². The molecule has 0 aromatic heterocycles. The van der Waals surface area contributed by atoms with E-state index in [9.17, 15) is 8.42 Å². The molecule has 1 aromatic carbocycles. The molecule has 0 saturated heterocycles. The van der Waals surface area contributed by atoms with Crippen molar-refractivity contribution in [3.05, 3.63) is 27.7 Å². The van der Waals surface area contributed by atoms with Gasteiger partial charge in [0, 0.05) is 16.3 Å². The highest BCUT2D eigenvalue weighted by atomic mass is 35.5. The van der Waals surface area contributed by atoms with Crippen LogP contribution < -0.4 is 4.74 Å². The molecule has 0 atom stereocenters. The van der Waals surface area contributed by atoms with Crippen molar-refractivity contribution in [2.24, 2.45) is 0 Å². The number of sulfone groups is 1. The molecule has 0 amide bonds. The second kappa shape index (κ2) is 7.58. The molecule has 0 aliphatic carbocycles. The lowest BCUT2D eigenvalue weighted by Gasteiger charge is -2.12. The molecule has 0 radical (unpaired) electrons. The largest absolute Gasteiger partial charge is 0.492 e. The molecule has 108 valence electrons. The second-order valence-corrected chi connectivity index (χ2v) is 7.53. The highest BCUT2D eigenvalue weighted by Crippen LogP contribution is 2.33. The number of hydrogen-bond donors (Lipinski definition) is 0. The molecule has 0 aliphatic rings. The molecule has 19 heavy (non-hydrogen) atoms. The predicted molar refractivity (Wildman–Crippen MR) is 80.5 cm³/mol. The Morgan fingerprint density at radius 3 is 2.53 bits per heavy atom. The minimum absolute atomic E-state index is 0.102. The van der Waals surface area contributed by atoms with E-state index in [1.54, 1.807) is 19.1 Å². The predicted octanol–water partition coefficient (Wildman–Crippen LogP) is 3.94. The van der Waals surface area contributed by atoms with Crippen LogP contribution in [0, 0.1) is 0 Å². The molecular formula is C12H15Cl3O3S. The standard InChI is InChI=1S/C12H15Cl3O3S/c1-2-19(16,17)5-3-4-18-12-9(8-13)6-10(14)7-11(12)15/h6-7H,2-5,8H2,1H3. The Bertz CT molecular complexity index is 529. The van der Waals surface area contributed by atoms with E-state index in [1.165, 1.54) is 0 Å². The average molecular weight is 346 g/mol. The molecule has 0 spiro atoms. The van der Waals surface area contributed by atoms with Gasteiger partial charge in [-0.2, -0.15) is 0 Å². The monoisotopic (exact) mass is 344 g/mol. The Balaban J connectivity index is 2.63. The Morgan fingerprint density at radius 1 is 1.26 bits per heavy atom. The number of rotatable bonds is 7. The fourth-order valence-corrected chi connectivity index (χ4v) is 3.11. The van der Waals surface area contributed by atoms with Gasteiger partial charge in [-0.15, -0.1) is 11.6 Å². The van der Waals surface area contributed by atoms with E-state index in [1.807, 2.05) is 0 Å². The van der Waals surface area contributed by atoms with Gasteiger partial charge < -0.3 is 4.74 Å². The molecule has 1 rings (SSSR count). The van der Waals surface area contributed by atoms with Crippen LogP contribution in [-0.2, 0) is 15.7 Å². The first-order valence-corrected chi connectivity index (χ1v) is 8.88. The number of hydrogen-bond acceptors (Lipinski definition) is 3. The maximum absolute atomic E-state index is 11.3. The van der Waals surface area contributed by atoms with Crippen molar-refractivity contribution >= 4 is 44.6 Å².